The molecule has 1 aliphatic heterocycles. The van der Waals surface area contributed by atoms with Gasteiger partial charge in [0.25, 0.3) is 0 Å². The van der Waals surface area contributed by atoms with Crippen molar-refractivity contribution in [2.24, 2.45) is 0 Å². The van der Waals surface area contributed by atoms with E-state index in [2.05, 4.69) is 43.5 Å². The van der Waals surface area contributed by atoms with Crippen molar-refractivity contribution in [1.82, 2.24) is 5.32 Å². The number of unbranched alkanes of at least 4 members (excludes halogenated alkanes) is 35. The van der Waals surface area contributed by atoms with Gasteiger partial charge in [0.2, 0.25) is 5.91 Å². The number of ether oxygens (including phenoxy) is 2. The van der Waals surface area contributed by atoms with E-state index in [0.29, 0.717) is 12.8 Å². The van der Waals surface area contributed by atoms with E-state index in [1.807, 2.05) is 0 Å². The first-order chi connectivity index (χ1) is 34.2. The third-order valence-corrected chi connectivity index (χ3v) is 14.5. The maximum atomic E-state index is 13.1. The Morgan fingerprint density at radius 2 is 0.857 bits per heavy atom. The third kappa shape index (κ3) is 36.5. The van der Waals surface area contributed by atoms with E-state index >= 15 is 0 Å². The molecule has 1 heterocycles. The molecule has 0 bridgehead atoms. The van der Waals surface area contributed by atoms with Crippen LogP contribution in [-0.4, -0.2) is 110 Å². The molecule has 1 fully saturated rings. The topological polar surface area (TPSA) is 189 Å². The Morgan fingerprint density at radius 1 is 0.486 bits per heavy atom. The van der Waals surface area contributed by atoms with Gasteiger partial charge in [-0.15, -0.1) is 0 Å². The number of hydrogen-bond donors (Lipinski definition) is 8. The van der Waals surface area contributed by atoms with E-state index in [0.717, 1.165) is 44.9 Å². The Morgan fingerprint density at radius 3 is 1.27 bits per heavy atom. The Bertz CT molecular complexity index is 1190. The number of amides is 1. The number of aliphatic hydroxyl groups is 7. The molecule has 0 radical (unpaired) electrons. The van der Waals surface area contributed by atoms with Crippen molar-refractivity contribution >= 4 is 5.91 Å². The number of hydrogen-bond acceptors (Lipinski definition) is 10. The van der Waals surface area contributed by atoms with Gasteiger partial charge in [-0.2, -0.15) is 0 Å². The molecule has 0 aromatic rings. The number of carbonyl (C=O) groups is 1. The number of nitrogens with one attached hydrogen (secondary N) is 1. The predicted octanol–water partition coefficient (Wildman–Crippen LogP) is 12.5. The monoisotopic (exact) mass is 996 g/mol. The fourth-order valence-corrected chi connectivity index (χ4v) is 9.60. The predicted molar refractivity (Wildman–Crippen MR) is 289 cm³/mol. The molecule has 0 saturated carbocycles. The number of allylic oxidation sites excluding steroid dienone is 4. The maximum Gasteiger partial charge on any atom is 0.249 e. The van der Waals surface area contributed by atoms with Crippen molar-refractivity contribution in [2.75, 3.05) is 13.2 Å². The van der Waals surface area contributed by atoms with Crippen LogP contribution in [0, 0.1) is 0 Å². The second-order valence-corrected chi connectivity index (χ2v) is 21.1. The Kier molecular flexibility index (Phi) is 46.2. The van der Waals surface area contributed by atoms with Gasteiger partial charge in [-0.1, -0.05) is 244 Å². The Hall–Kier alpha value is -1.41. The molecule has 1 saturated heterocycles. The van der Waals surface area contributed by atoms with E-state index < -0.39 is 74.2 Å². The van der Waals surface area contributed by atoms with Crippen LogP contribution in [0.1, 0.15) is 277 Å². The van der Waals surface area contributed by atoms with Crippen molar-refractivity contribution in [2.45, 2.75) is 332 Å². The molecule has 414 valence electrons. The summed E-state index contributed by atoms with van der Waals surface area (Å²) < 4.78 is 11.1. The minimum absolute atomic E-state index is 0.256. The van der Waals surface area contributed by atoms with Crippen LogP contribution in [0.5, 0.6) is 0 Å². The minimum Gasteiger partial charge on any atom is -0.394 e. The summed E-state index contributed by atoms with van der Waals surface area (Å²) in [5, 5.41) is 75.5. The highest BCUT2D eigenvalue weighted by molar-refractivity contribution is 5.80. The van der Waals surface area contributed by atoms with Crippen LogP contribution < -0.4 is 5.32 Å². The molecule has 1 amide bonds. The van der Waals surface area contributed by atoms with E-state index in [-0.39, 0.29) is 12.8 Å². The molecule has 0 aromatic carbocycles. The van der Waals surface area contributed by atoms with Crippen LogP contribution >= 0.6 is 0 Å². The zero-order valence-electron chi connectivity index (χ0n) is 45.3. The third-order valence-electron chi connectivity index (χ3n) is 14.5. The summed E-state index contributed by atoms with van der Waals surface area (Å²) in [5.74, 6) is -0.707. The van der Waals surface area contributed by atoms with Gasteiger partial charge in [0.15, 0.2) is 6.29 Å². The van der Waals surface area contributed by atoms with E-state index in [1.54, 1.807) is 0 Å². The Balaban J connectivity index is 2.07. The van der Waals surface area contributed by atoms with Gasteiger partial charge in [0, 0.05) is 0 Å². The lowest BCUT2D eigenvalue weighted by Crippen LogP contribution is -2.60. The lowest BCUT2D eigenvalue weighted by Gasteiger charge is -2.40. The largest absolute Gasteiger partial charge is 0.394 e. The summed E-state index contributed by atoms with van der Waals surface area (Å²) >= 11 is 0. The lowest BCUT2D eigenvalue weighted by atomic mass is 9.98. The van der Waals surface area contributed by atoms with Gasteiger partial charge in [-0.05, 0) is 57.8 Å². The fourth-order valence-electron chi connectivity index (χ4n) is 9.60. The SMILES string of the molecule is CCCC/C=C/CCCC(O)C(O)C(COC1OC(CO)C(O)C(O)C1O)NC(=O)C(O)CCCCCCCCCCCCCCCCCC/C=C\CCCCCCCCCCCCCCCCCC. The zero-order valence-corrected chi connectivity index (χ0v) is 45.3. The zero-order chi connectivity index (χ0) is 51.1. The Labute approximate surface area is 429 Å². The van der Waals surface area contributed by atoms with Crippen molar-refractivity contribution in [1.29, 1.82) is 0 Å². The van der Waals surface area contributed by atoms with Crippen molar-refractivity contribution in [3.63, 3.8) is 0 Å². The molecule has 9 atom stereocenters. The molecule has 0 spiro atoms. The summed E-state index contributed by atoms with van der Waals surface area (Å²) in [6.07, 6.45) is 47.6. The van der Waals surface area contributed by atoms with E-state index in [9.17, 15) is 40.5 Å². The quantitative estimate of drug-likeness (QED) is 0.0215. The van der Waals surface area contributed by atoms with E-state index in [1.165, 1.54) is 193 Å². The first kappa shape index (κ1) is 66.6. The van der Waals surface area contributed by atoms with Gasteiger partial charge in [-0.25, -0.2) is 0 Å². The molecule has 0 aromatic heterocycles. The van der Waals surface area contributed by atoms with Gasteiger partial charge in [0.05, 0.1) is 25.4 Å². The van der Waals surface area contributed by atoms with Crippen molar-refractivity contribution in [3.8, 4) is 0 Å². The van der Waals surface area contributed by atoms with Crippen LogP contribution in [0.3, 0.4) is 0 Å². The molecule has 11 heteroatoms. The second-order valence-electron chi connectivity index (χ2n) is 21.1. The van der Waals surface area contributed by atoms with Crippen LogP contribution in [-0.2, 0) is 14.3 Å². The van der Waals surface area contributed by atoms with Gasteiger partial charge >= 0.3 is 0 Å². The number of aliphatic hydroxyl groups excluding tert-OH is 7. The smallest absolute Gasteiger partial charge is 0.249 e. The van der Waals surface area contributed by atoms with Crippen LogP contribution in [0.4, 0.5) is 0 Å². The highest BCUT2D eigenvalue weighted by Gasteiger charge is 2.44. The van der Waals surface area contributed by atoms with Gasteiger partial charge in [-0.3, -0.25) is 4.79 Å². The summed E-state index contributed by atoms with van der Waals surface area (Å²) in [6, 6.07) is -1.18. The van der Waals surface area contributed by atoms with Gasteiger partial charge < -0.3 is 50.5 Å². The van der Waals surface area contributed by atoms with Crippen LogP contribution in [0.2, 0.25) is 0 Å². The lowest BCUT2D eigenvalue weighted by molar-refractivity contribution is -0.303. The second kappa shape index (κ2) is 48.5. The first-order valence-electron chi connectivity index (χ1n) is 29.7. The molecule has 1 rings (SSSR count). The summed E-state index contributed by atoms with van der Waals surface area (Å²) in [4.78, 5) is 13.1. The van der Waals surface area contributed by atoms with Crippen molar-refractivity contribution in [3.05, 3.63) is 24.3 Å². The molecule has 11 nitrogen and oxygen atoms in total. The standard InChI is InChI=1S/C59H113NO10/c1-3-5-7-9-11-12-13-14-15-16-17-18-19-20-21-22-23-24-25-26-27-28-29-30-31-32-33-34-35-36-37-38-39-41-43-45-47-52(63)58(68)60-50(54(64)51(62)46-44-42-40-10-8-6-4-2)49-69-59-57(67)56(66)55(65)53(48-61)70-59/h10,24-25,40,50-57,59,61-67H,3-9,11-23,26-39,41-49H2,1-2H3,(H,60,68)/b25-24-,40-10+. The average molecular weight is 997 g/mol. The van der Waals surface area contributed by atoms with Crippen LogP contribution in [0.25, 0.3) is 0 Å². The normalized spacial score (nSPS) is 20.4. The minimum atomic E-state index is -1.66. The molecular weight excluding hydrogens is 883 g/mol. The van der Waals surface area contributed by atoms with Gasteiger partial charge in [0.1, 0.15) is 36.6 Å². The van der Waals surface area contributed by atoms with E-state index in [4.69, 9.17) is 9.47 Å². The maximum absolute atomic E-state index is 13.1. The summed E-state index contributed by atoms with van der Waals surface area (Å²) in [7, 11) is 0. The summed E-state index contributed by atoms with van der Waals surface area (Å²) in [6.45, 7) is 3.36. The number of rotatable bonds is 51. The average Bonchev–Trinajstić information content (AvgIpc) is 3.36. The number of carbonyl (C=O) groups excluding carboxylic acids is 1. The highest BCUT2D eigenvalue weighted by atomic mass is 16.7. The molecule has 9 unspecified atom stereocenters. The molecule has 70 heavy (non-hydrogen) atoms. The molecule has 0 aliphatic carbocycles. The van der Waals surface area contributed by atoms with Crippen molar-refractivity contribution < 1.29 is 50.0 Å². The fraction of sp³-hybridized carbons (Fsp3) is 0.915. The molecular formula is C59H113NO10. The first-order valence-corrected chi connectivity index (χ1v) is 29.7. The highest BCUT2D eigenvalue weighted by Crippen LogP contribution is 2.23. The summed E-state index contributed by atoms with van der Waals surface area (Å²) in [5.41, 5.74) is 0. The molecule has 1 aliphatic rings. The van der Waals surface area contributed by atoms with Crippen LogP contribution in [0.15, 0.2) is 24.3 Å². The molecule has 8 N–H and O–H groups in total.